The van der Waals surface area contributed by atoms with Gasteiger partial charge in [0.1, 0.15) is 28.9 Å². The van der Waals surface area contributed by atoms with Gasteiger partial charge in [-0.15, -0.1) is 23.1 Å². The molecule has 4 N–H and O–H groups in total. The molecule has 4 heterocycles. The number of aromatic nitrogens is 2. The number of nitrogens with zero attached hydrogens (tertiary/aromatic N) is 4. The molecular weight excluding hydrogens is 549 g/mol. The van der Waals surface area contributed by atoms with E-state index in [4.69, 9.17) is 10.6 Å². The molecule has 1 saturated heterocycles. The molecule has 2 unspecified atom stereocenters. The second-order valence-corrected chi connectivity index (χ2v) is 11.3. The zero-order valence-electron chi connectivity index (χ0n) is 19.7. The Kier molecular flexibility index (Phi) is 7.81. The van der Waals surface area contributed by atoms with Crippen LogP contribution in [0.1, 0.15) is 24.1 Å². The zero-order valence-corrected chi connectivity index (χ0v) is 22.2. The van der Waals surface area contributed by atoms with Gasteiger partial charge < -0.3 is 21.0 Å². The number of carboxylic acids is 1. The number of thiazole rings is 1. The van der Waals surface area contributed by atoms with Crippen molar-refractivity contribution in [2.24, 2.45) is 5.16 Å². The highest BCUT2D eigenvalue weighted by Gasteiger charge is 2.54. The van der Waals surface area contributed by atoms with Crippen LogP contribution >= 0.6 is 34.9 Å². The van der Waals surface area contributed by atoms with Crippen molar-refractivity contribution in [2.75, 3.05) is 11.5 Å². The van der Waals surface area contributed by atoms with E-state index in [1.54, 1.807) is 29.2 Å². The smallest absolute Gasteiger partial charge is 0.353 e. The largest absolute Gasteiger partial charge is 0.477 e. The summed E-state index contributed by atoms with van der Waals surface area (Å²) in [7, 11) is 0. The minimum absolute atomic E-state index is 0.0809. The van der Waals surface area contributed by atoms with Gasteiger partial charge in [-0.25, -0.2) is 9.78 Å². The lowest BCUT2D eigenvalue weighted by Crippen LogP contribution is -2.71. The number of carbonyl (C=O) groups excluding carboxylic acids is 2. The number of anilines is 1. The molecule has 11 nitrogen and oxygen atoms in total. The van der Waals surface area contributed by atoms with Gasteiger partial charge in [-0.2, -0.15) is 0 Å². The van der Waals surface area contributed by atoms with E-state index in [1.165, 1.54) is 28.4 Å². The van der Waals surface area contributed by atoms with Crippen LogP contribution in [0, 0.1) is 0 Å². The zero-order chi connectivity index (χ0) is 26.6. The summed E-state index contributed by atoms with van der Waals surface area (Å²) in [5, 5.41) is 19.7. The molecule has 2 amide bonds. The first kappa shape index (κ1) is 26.0. The van der Waals surface area contributed by atoms with Crippen LogP contribution in [0.15, 0.2) is 63.2 Å². The lowest BCUT2D eigenvalue weighted by atomic mass is 10.0. The van der Waals surface area contributed by atoms with Gasteiger partial charge in [-0.05, 0) is 42.0 Å². The Labute approximate surface area is 229 Å². The lowest BCUT2D eigenvalue weighted by Gasteiger charge is -2.49. The van der Waals surface area contributed by atoms with Crippen LogP contribution < -0.4 is 11.1 Å². The van der Waals surface area contributed by atoms with Crippen molar-refractivity contribution < 1.29 is 24.3 Å². The van der Waals surface area contributed by atoms with Crippen LogP contribution in [0.2, 0.25) is 0 Å². The predicted octanol–water partition coefficient (Wildman–Crippen LogP) is 2.66. The maximum absolute atomic E-state index is 13.2. The number of oxime groups is 1. The van der Waals surface area contributed by atoms with Gasteiger partial charge in [-0.1, -0.05) is 29.1 Å². The number of nitrogens with two attached hydrogens (primary N) is 1. The second-order valence-electron chi connectivity index (χ2n) is 8.31. The van der Waals surface area contributed by atoms with Gasteiger partial charge in [0.15, 0.2) is 10.8 Å². The number of nitrogen functional groups attached to an aromatic ring is 1. The third-order valence-corrected chi connectivity index (χ3v) is 8.84. The highest BCUT2D eigenvalue weighted by Crippen LogP contribution is 2.43. The van der Waals surface area contributed by atoms with Crippen LogP contribution in [-0.4, -0.2) is 66.7 Å². The van der Waals surface area contributed by atoms with Crippen molar-refractivity contribution in [3.8, 4) is 0 Å². The van der Waals surface area contributed by atoms with Gasteiger partial charge in [0.25, 0.3) is 11.8 Å². The van der Waals surface area contributed by atoms with Gasteiger partial charge in [0, 0.05) is 28.4 Å². The summed E-state index contributed by atoms with van der Waals surface area (Å²) in [6.07, 6.45) is 10.4. The molecule has 2 aliphatic heterocycles. The summed E-state index contributed by atoms with van der Waals surface area (Å²) in [4.78, 5) is 53.8. The fourth-order valence-corrected chi connectivity index (χ4v) is 6.88. The average Bonchev–Trinajstić information content (AvgIpc) is 3.59. The van der Waals surface area contributed by atoms with E-state index in [0.29, 0.717) is 10.7 Å². The van der Waals surface area contributed by atoms with E-state index in [2.05, 4.69) is 20.4 Å². The van der Waals surface area contributed by atoms with Crippen molar-refractivity contribution in [1.29, 1.82) is 0 Å². The minimum Gasteiger partial charge on any atom is -0.477 e. The Hall–Kier alpha value is -3.62. The summed E-state index contributed by atoms with van der Waals surface area (Å²) in [5.41, 5.74) is 6.66. The fourth-order valence-electron chi connectivity index (χ4n) is 3.97. The minimum atomic E-state index is -1.20. The van der Waals surface area contributed by atoms with Gasteiger partial charge >= 0.3 is 5.97 Å². The van der Waals surface area contributed by atoms with Crippen LogP contribution in [0.25, 0.3) is 6.08 Å². The normalized spacial score (nSPS) is 22.9. The number of carboxylic acid groups (broad SMARTS) is 1. The molecular formula is C24H22N6O5S3. The number of carbonyl (C=O) groups is 3. The van der Waals surface area contributed by atoms with Crippen LogP contribution in [0.5, 0.6) is 0 Å². The Morgan fingerprint density at radius 1 is 1.39 bits per heavy atom. The summed E-state index contributed by atoms with van der Waals surface area (Å²) >= 11 is 3.76. The molecule has 196 valence electrons. The molecule has 0 bridgehead atoms. The number of thioether (sulfide) groups is 2. The van der Waals surface area contributed by atoms with Gasteiger partial charge in [0.2, 0.25) is 0 Å². The number of pyridine rings is 1. The summed E-state index contributed by atoms with van der Waals surface area (Å²) in [6.45, 7) is 0. The second kappa shape index (κ2) is 11.4. The van der Waals surface area contributed by atoms with E-state index in [0.717, 1.165) is 29.7 Å². The standard InChI is InChI=1S/C24H22N6O5S3/c25-24-27-15(11-38-24)17(29-35-14-5-1-2-6-14)20(31)28-18-21(32)30-19(23(33)34)16(12-37-22(18)30)36-9-7-13-4-3-8-26-10-13/h1,3-5,7-11,14,18,22H,2,6,12H2,(H2,25,27)(H,28,31)(H,33,34)/b9-7-,29-17?/t14?,18?,22-/m1/s1. The number of rotatable bonds is 9. The third kappa shape index (κ3) is 5.47. The quantitative estimate of drug-likeness (QED) is 0.177. The average molecular weight is 571 g/mol. The maximum atomic E-state index is 13.2. The lowest BCUT2D eigenvalue weighted by molar-refractivity contribution is -0.150. The molecule has 0 aromatic carbocycles. The number of hydrogen-bond donors (Lipinski definition) is 3. The highest BCUT2D eigenvalue weighted by molar-refractivity contribution is 8.08. The Morgan fingerprint density at radius 3 is 2.95 bits per heavy atom. The molecule has 2 aromatic rings. The first-order chi connectivity index (χ1) is 18.4. The molecule has 38 heavy (non-hydrogen) atoms. The molecule has 5 rings (SSSR count). The van der Waals surface area contributed by atoms with Gasteiger partial charge in [-0.3, -0.25) is 19.5 Å². The van der Waals surface area contributed by atoms with Crippen molar-refractivity contribution >= 4 is 69.6 Å². The Morgan fingerprint density at radius 2 is 2.26 bits per heavy atom. The van der Waals surface area contributed by atoms with E-state index >= 15 is 0 Å². The number of fused-ring (bicyclic) bond motifs is 1. The summed E-state index contributed by atoms with van der Waals surface area (Å²) in [5.74, 6) is -2.01. The Bertz CT molecular complexity index is 1370. The van der Waals surface area contributed by atoms with Crippen LogP contribution in [0.4, 0.5) is 5.13 Å². The van der Waals surface area contributed by atoms with Crippen LogP contribution in [-0.2, 0) is 19.2 Å². The van der Waals surface area contributed by atoms with E-state index in [9.17, 15) is 19.5 Å². The molecule has 14 heteroatoms. The number of hydrogen-bond acceptors (Lipinski definition) is 11. The molecule has 3 aliphatic rings. The number of amides is 2. The SMILES string of the molecule is Nc1nc(C(=NOC2C=CCC2)C(=O)NC2C(=O)N3C(C(=O)O)=C(S/C=C\c4cccnc4)CS[C@H]23)cs1. The number of aliphatic carboxylic acids is 1. The fraction of sp³-hybridized carbons (Fsp3) is 0.250. The van der Waals surface area contributed by atoms with Crippen molar-refractivity contribution in [2.45, 2.75) is 30.4 Å². The maximum Gasteiger partial charge on any atom is 0.353 e. The van der Waals surface area contributed by atoms with Gasteiger partial charge in [0.05, 0.1) is 0 Å². The monoisotopic (exact) mass is 570 g/mol. The summed E-state index contributed by atoms with van der Waals surface area (Å²) in [6, 6.07) is 2.76. The van der Waals surface area contributed by atoms with Crippen molar-refractivity contribution in [3.63, 3.8) is 0 Å². The Balaban J connectivity index is 1.30. The third-order valence-electron chi connectivity index (χ3n) is 5.81. The summed E-state index contributed by atoms with van der Waals surface area (Å²) < 4.78 is 0. The topological polar surface area (TPSA) is 160 Å². The number of nitrogens with one attached hydrogen (secondary N) is 1. The molecule has 1 aliphatic carbocycles. The molecule has 2 aromatic heterocycles. The number of β-lactam (4-membered cyclic amide) rings is 1. The molecule has 0 saturated carbocycles. The van der Waals surface area contributed by atoms with E-state index in [1.807, 2.05) is 24.3 Å². The van der Waals surface area contributed by atoms with Crippen LogP contribution in [0.3, 0.4) is 0 Å². The molecule has 1 fully saturated rings. The van der Waals surface area contributed by atoms with E-state index < -0.39 is 29.2 Å². The highest BCUT2D eigenvalue weighted by atomic mass is 32.2. The number of allylic oxidation sites excluding steroid dienone is 1. The molecule has 0 radical (unpaired) electrons. The van der Waals surface area contributed by atoms with Crippen molar-refractivity contribution in [1.82, 2.24) is 20.2 Å². The molecule has 0 spiro atoms. The van der Waals surface area contributed by atoms with E-state index in [-0.39, 0.29) is 28.3 Å². The first-order valence-electron chi connectivity index (χ1n) is 11.5. The van der Waals surface area contributed by atoms with Crippen molar-refractivity contribution in [3.05, 3.63) is 69.3 Å². The first-order valence-corrected chi connectivity index (χ1v) is 14.3. The predicted molar refractivity (Wildman–Crippen MR) is 147 cm³/mol. The molecule has 3 atom stereocenters.